The highest BCUT2D eigenvalue weighted by molar-refractivity contribution is 7.09. The van der Waals surface area contributed by atoms with E-state index in [-0.39, 0.29) is 12.0 Å². The molecule has 2 atom stereocenters. The van der Waals surface area contributed by atoms with Crippen LogP contribution in [0, 0.1) is 0 Å². The van der Waals surface area contributed by atoms with E-state index < -0.39 is 0 Å². The summed E-state index contributed by atoms with van der Waals surface area (Å²) < 4.78 is 5.83. The van der Waals surface area contributed by atoms with Crippen molar-refractivity contribution in [1.82, 2.24) is 15.2 Å². The van der Waals surface area contributed by atoms with Gasteiger partial charge in [0.2, 0.25) is 0 Å². The van der Waals surface area contributed by atoms with Crippen LogP contribution in [0.25, 0.3) is 0 Å². The Morgan fingerprint density at radius 2 is 2.52 bits per heavy atom. The maximum atomic E-state index is 12.1. The number of carbonyl (C=O) groups excluding carboxylic acids is 1. The second-order valence-electron chi connectivity index (χ2n) is 5.62. The lowest BCUT2D eigenvalue weighted by molar-refractivity contribution is -0.0462. The fourth-order valence-corrected chi connectivity index (χ4v) is 3.75. The Hall–Kier alpha value is -1.02. The van der Waals surface area contributed by atoms with Crippen LogP contribution >= 0.6 is 11.3 Å². The van der Waals surface area contributed by atoms with E-state index >= 15 is 0 Å². The van der Waals surface area contributed by atoms with Crippen LogP contribution < -0.4 is 11.1 Å². The van der Waals surface area contributed by atoms with Gasteiger partial charge in [0.25, 0.3) is 5.91 Å². The van der Waals surface area contributed by atoms with E-state index in [1.807, 2.05) is 0 Å². The van der Waals surface area contributed by atoms with Crippen molar-refractivity contribution in [2.45, 2.75) is 31.4 Å². The van der Waals surface area contributed by atoms with Crippen molar-refractivity contribution in [3.05, 3.63) is 16.1 Å². The molecular formula is C14H22N4O2S. The van der Waals surface area contributed by atoms with Crippen molar-refractivity contribution >= 4 is 17.2 Å². The van der Waals surface area contributed by atoms with Crippen LogP contribution in [0.3, 0.4) is 0 Å². The van der Waals surface area contributed by atoms with E-state index in [1.165, 1.54) is 24.2 Å². The first-order chi connectivity index (χ1) is 10.3. The first-order valence-corrected chi connectivity index (χ1v) is 8.42. The average molecular weight is 310 g/mol. The maximum Gasteiger partial charge on any atom is 0.270 e. The number of hydrogen-bond donors (Lipinski definition) is 2. The number of nitrogens with zero attached hydrogens (tertiary/aromatic N) is 2. The molecule has 1 aromatic heterocycles. The van der Waals surface area contributed by atoms with Gasteiger partial charge in [0.1, 0.15) is 5.69 Å². The number of fused-ring (bicyclic) bond motifs is 1. The standard InChI is InChI=1S/C14H22N4O2S/c15-4-3-13-17-12(9-21-13)14(19)16-6-11-7-18-5-1-2-10(18)8-20-11/h9-11H,1-8,15H2,(H,16,19). The number of amides is 1. The molecule has 0 bridgehead atoms. The van der Waals surface area contributed by atoms with Crippen LogP contribution in [0.4, 0.5) is 0 Å². The normalized spacial score (nSPS) is 25.8. The van der Waals surface area contributed by atoms with Crippen LogP contribution in [0.5, 0.6) is 0 Å². The highest BCUT2D eigenvalue weighted by atomic mass is 32.1. The van der Waals surface area contributed by atoms with Crippen molar-refractivity contribution < 1.29 is 9.53 Å². The molecule has 7 heteroatoms. The Morgan fingerprint density at radius 3 is 3.38 bits per heavy atom. The third kappa shape index (κ3) is 3.60. The summed E-state index contributed by atoms with van der Waals surface area (Å²) in [5.74, 6) is -0.123. The van der Waals surface area contributed by atoms with Crippen LogP contribution in [-0.4, -0.2) is 60.7 Å². The lowest BCUT2D eigenvalue weighted by Gasteiger charge is -2.35. The molecule has 1 amide bonds. The Kier molecular flexibility index (Phi) is 4.84. The SMILES string of the molecule is NCCc1nc(C(=O)NCC2CN3CCCC3CO2)cs1. The summed E-state index contributed by atoms with van der Waals surface area (Å²) in [4.78, 5) is 18.8. The van der Waals surface area contributed by atoms with Gasteiger partial charge in [0.15, 0.2) is 0 Å². The fraction of sp³-hybridized carbons (Fsp3) is 0.714. The molecule has 21 heavy (non-hydrogen) atoms. The molecule has 3 N–H and O–H groups in total. The van der Waals surface area contributed by atoms with Gasteiger partial charge < -0.3 is 15.8 Å². The zero-order chi connectivity index (χ0) is 14.7. The van der Waals surface area contributed by atoms with Crippen LogP contribution in [0.15, 0.2) is 5.38 Å². The average Bonchev–Trinajstić information content (AvgIpc) is 3.13. The zero-order valence-corrected chi connectivity index (χ0v) is 12.9. The monoisotopic (exact) mass is 310 g/mol. The van der Waals surface area contributed by atoms with Gasteiger partial charge in [-0.3, -0.25) is 9.69 Å². The predicted octanol–water partition coefficient (Wildman–Crippen LogP) is 0.237. The van der Waals surface area contributed by atoms with Gasteiger partial charge in [0.05, 0.1) is 17.7 Å². The Balaban J connectivity index is 1.46. The molecule has 0 radical (unpaired) electrons. The summed E-state index contributed by atoms with van der Waals surface area (Å²) >= 11 is 1.49. The van der Waals surface area contributed by atoms with Gasteiger partial charge in [-0.05, 0) is 25.9 Å². The Labute approximate surface area is 128 Å². The number of aromatic nitrogens is 1. The maximum absolute atomic E-state index is 12.1. The third-order valence-electron chi connectivity index (χ3n) is 4.09. The Bertz CT molecular complexity index is 493. The molecule has 3 heterocycles. The van der Waals surface area contributed by atoms with Crippen LogP contribution in [0.2, 0.25) is 0 Å². The summed E-state index contributed by atoms with van der Waals surface area (Å²) in [6.45, 7) is 3.97. The summed E-state index contributed by atoms with van der Waals surface area (Å²) in [5, 5.41) is 5.63. The molecule has 0 aromatic carbocycles. The minimum atomic E-state index is -0.123. The fourth-order valence-electron chi connectivity index (χ4n) is 2.96. The van der Waals surface area contributed by atoms with Gasteiger partial charge in [-0.25, -0.2) is 4.98 Å². The van der Waals surface area contributed by atoms with E-state index in [9.17, 15) is 4.79 Å². The lowest BCUT2D eigenvalue weighted by atomic mass is 10.2. The molecule has 0 spiro atoms. The third-order valence-corrected chi connectivity index (χ3v) is 5.00. The molecule has 2 fully saturated rings. The van der Waals surface area contributed by atoms with Crippen molar-refractivity contribution in [3.8, 4) is 0 Å². The smallest absolute Gasteiger partial charge is 0.270 e. The Morgan fingerprint density at radius 1 is 1.62 bits per heavy atom. The molecule has 0 aliphatic carbocycles. The molecule has 3 rings (SSSR count). The molecule has 2 aliphatic heterocycles. The summed E-state index contributed by atoms with van der Waals surface area (Å²) in [6.07, 6.45) is 3.31. The largest absolute Gasteiger partial charge is 0.373 e. The molecule has 2 unspecified atom stereocenters. The topological polar surface area (TPSA) is 80.5 Å². The van der Waals surface area contributed by atoms with Gasteiger partial charge in [0, 0.05) is 30.9 Å². The van der Waals surface area contributed by atoms with Crippen molar-refractivity contribution in [2.24, 2.45) is 5.73 Å². The quantitative estimate of drug-likeness (QED) is 0.814. The summed E-state index contributed by atoms with van der Waals surface area (Å²) in [5.41, 5.74) is 5.97. The van der Waals surface area contributed by atoms with E-state index in [1.54, 1.807) is 5.38 Å². The number of nitrogens with one attached hydrogen (secondary N) is 1. The van der Waals surface area contributed by atoms with Crippen LogP contribution in [-0.2, 0) is 11.2 Å². The van der Waals surface area contributed by atoms with Crippen LogP contribution in [0.1, 0.15) is 28.3 Å². The predicted molar refractivity (Wildman–Crippen MR) is 81.5 cm³/mol. The number of morpholine rings is 1. The second kappa shape index (κ2) is 6.83. The molecule has 1 aromatic rings. The number of nitrogens with two attached hydrogens (primary N) is 1. The molecular weight excluding hydrogens is 288 g/mol. The number of hydrogen-bond acceptors (Lipinski definition) is 6. The highest BCUT2D eigenvalue weighted by Gasteiger charge is 2.32. The van der Waals surface area contributed by atoms with Gasteiger partial charge in [-0.15, -0.1) is 11.3 Å². The number of carbonyl (C=O) groups is 1. The minimum absolute atomic E-state index is 0.0884. The summed E-state index contributed by atoms with van der Waals surface area (Å²) in [6, 6.07) is 0.592. The van der Waals surface area contributed by atoms with Crippen molar-refractivity contribution in [3.63, 3.8) is 0 Å². The van der Waals surface area contributed by atoms with E-state index in [4.69, 9.17) is 10.5 Å². The summed E-state index contributed by atoms with van der Waals surface area (Å²) in [7, 11) is 0. The molecule has 0 saturated carbocycles. The van der Waals surface area contributed by atoms with E-state index in [0.717, 1.165) is 31.1 Å². The van der Waals surface area contributed by atoms with Crippen molar-refractivity contribution in [1.29, 1.82) is 0 Å². The second-order valence-corrected chi connectivity index (χ2v) is 6.56. The number of ether oxygens (including phenoxy) is 1. The number of rotatable bonds is 5. The first-order valence-electron chi connectivity index (χ1n) is 7.54. The van der Waals surface area contributed by atoms with Crippen molar-refractivity contribution in [2.75, 3.05) is 32.8 Å². The molecule has 6 nitrogen and oxygen atoms in total. The minimum Gasteiger partial charge on any atom is -0.373 e. The van der Waals surface area contributed by atoms with Gasteiger partial charge in [-0.1, -0.05) is 0 Å². The van der Waals surface area contributed by atoms with Gasteiger partial charge >= 0.3 is 0 Å². The molecule has 2 saturated heterocycles. The molecule has 2 aliphatic rings. The first kappa shape index (κ1) is 14.9. The number of thiazole rings is 1. The van der Waals surface area contributed by atoms with E-state index in [2.05, 4.69) is 15.2 Å². The van der Waals surface area contributed by atoms with E-state index in [0.29, 0.717) is 24.8 Å². The zero-order valence-electron chi connectivity index (χ0n) is 12.1. The lowest BCUT2D eigenvalue weighted by Crippen LogP contribution is -2.50. The molecule has 116 valence electrons. The van der Waals surface area contributed by atoms with Gasteiger partial charge in [-0.2, -0.15) is 0 Å². The highest BCUT2D eigenvalue weighted by Crippen LogP contribution is 2.22.